The topological polar surface area (TPSA) is 81.8 Å². The van der Waals surface area contributed by atoms with Crippen LogP contribution in [0.2, 0.25) is 0 Å². The van der Waals surface area contributed by atoms with E-state index in [2.05, 4.69) is 10.9 Å². The first-order valence-electron chi connectivity index (χ1n) is 9.46. The number of sulfonamides is 1. The molecule has 1 aromatic heterocycles. The standard InChI is InChI=1S/C19H23FN4O3S2/c1-13-11-14(4-5-15(13)20)29(26,27)24-8-6-23(7-9-24)19(25)17-12-16(21-22-17)18-3-2-10-28-18/h2-5,10-11,16-17,21-22H,6-9,12H2,1H3. The third kappa shape index (κ3) is 4.08. The summed E-state index contributed by atoms with van der Waals surface area (Å²) in [6.07, 6.45) is 0.659. The predicted molar refractivity (Wildman–Crippen MR) is 108 cm³/mol. The summed E-state index contributed by atoms with van der Waals surface area (Å²) in [4.78, 5) is 15.8. The number of nitrogens with one attached hydrogen (secondary N) is 2. The summed E-state index contributed by atoms with van der Waals surface area (Å²) < 4.78 is 40.5. The molecule has 2 fully saturated rings. The number of halogens is 1. The third-order valence-electron chi connectivity index (χ3n) is 5.41. The molecule has 2 aromatic rings. The van der Waals surface area contributed by atoms with Gasteiger partial charge < -0.3 is 4.90 Å². The van der Waals surface area contributed by atoms with Gasteiger partial charge in [-0.3, -0.25) is 4.79 Å². The van der Waals surface area contributed by atoms with Gasteiger partial charge in [0.05, 0.1) is 10.9 Å². The van der Waals surface area contributed by atoms with Crippen molar-refractivity contribution in [1.82, 2.24) is 20.1 Å². The van der Waals surface area contributed by atoms with E-state index in [4.69, 9.17) is 0 Å². The molecule has 2 unspecified atom stereocenters. The van der Waals surface area contributed by atoms with Crippen LogP contribution in [0.3, 0.4) is 0 Å². The zero-order valence-corrected chi connectivity index (χ0v) is 17.6. The summed E-state index contributed by atoms with van der Waals surface area (Å²) in [6.45, 7) is 2.65. The highest BCUT2D eigenvalue weighted by Crippen LogP contribution is 2.27. The van der Waals surface area contributed by atoms with Crippen LogP contribution in [-0.4, -0.2) is 55.8 Å². The molecule has 3 heterocycles. The van der Waals surface area contributed by atoms with Crippen LogP contribution in [0.15, 0.2) is 40.6 Å². The zero-order valence-electron chi connectivity index (χ0n) is 16.0. The van der Waals surface area contributed by atoms with Gasteiger partial charge in [-0.05, 0) is 48.6 Å². The normalized spacial score (nSPS) is 23.4. The van der Waals surface area contributed by atoms with E-state index >= 15 is 0 Å². The van der Waals surface area contributed by atoms with Crippen molar-refractivity contribution in [2.45, 2.75) is 30.3 Å². The van der Waals surface area contributed by atoms with Crippen molar-refractivity contribution in [3.8, 4) is 0 Å². The highest BCUT2D eigenvalue weighted by molar-refractivity contribution is 7.89. The average Bonchev–Trinajstić information content (AvgIpc) is 3.41. The minimum atomic E-state index is -3.71. The van der Waals surface area contributed by atoms with Crippen LogP contribution in [0.4, 0.5) is 4.39 Å². The monoisotopic (exact) mass is 438 g/mol. The summed E-state index contributed by atoms with van der Waals surface area (Å²) in [5.74, 6) is -0.455. The SMILES string of the molecule is Cc1cc(S(=O)(=O)N2CCN(C(=O)C3CC(c4cccs4)NN3)CC2)ccc1F. The van der Waals surface area contributed by atoms with Gasteiger partial charge in [0.2, 0.25) is 15.9 Å². The van der Waals surface area contributed by atoms with Crippen LogP contribution >= 0.6 is 11.3 Å². The molecule has 0 saturated carbocycles. The van der Waals surface area contributed by atoms with E-state index in [1.54, 1.807) is 16.2 Å². The molecule has 1 amide bonds. The first-order valence-corrected chi connectivity index (χ1v) is 11.8. The van der Waals surface area contributed by atoms with Gasteiger partial charge in [0.15, 0.2) is 0 Å². The molecule has 29 heavy (non-hydrogen) atoms. The van der Waals surface area contributed by atoms with Gasteiger partial charge in [-0.2, -0.15) is 4.31 Å². The van der Waals surface area contributed by atoms with E-state index in [-0.39, 0.29) is 36.0 Å². The van der Waals surface area contributed by atoms with Gasteiger partial charge in [0.25, 0.3) is 0 Å². The molecular weight excluding hydrogens is 415 g/mol. The van der Waals surface area contributed by atoms with E-state index in [1.165, 1.54) is 34.3 Å². The number of hydrazine groups is 1. The molecular formula is C19H23FN4O3S2. The minimum absolute atomic E-state index is 0.0220. The highest BCUT2D eigenvalue weighted by Gasteiger charge is 2.36. The Labute approximate surface area is 173 Å². The van der Waals surface area contributed by atoms with Gasteiger partial charge in [-0.15, -0.1) is 11.3 Å². The number of hydrogen-bond donors (Lipinski definition) is 2. The zero-order chi connectivity index (χ0) is 20.6. The quantitative estimate of drug-likeness (QED) is 0.759. The Hall–Kier alpha value is -1.85. The first kappa shape index (κ1) is 20.4. The van der Waals surface area contributed by atoms with Crippen molar-refractivity contribution in [2.75, 3.05) is 26.2 Å². The van der Waals surface area contributed by atoms with Crippen molar-refractivity contribution < 1.29 is 17.6 Å². The number of hydrogen-bond acceptors (Lipinski definition) is 6. The van der Waals surface area contributed by atoms with E-state index in [9.17, 15) is 17.6 Å². The van der Waals surface area contributed by atoms with Crippen LogP contribution < -0.4 is 10.9 Å². The van der Waals surface area contributed by atoms with Crippen LogP contribution in [0, 0.1) is 12.7 Å². The molecule has 0 spiro atoms. The maximum Gasteiger partial charge on any atom is 0.243 e. The number of aryl methyl sites for hydroxylation is 1. The van der Waals surface area contributed by atoms with Gasteiger partial charge in [0, 0.05) is 31.1 Å². The molecule has 2 aliphatic rings. The summed E-state index contributed by atoms with van der Waals surface area (Å²) in [5.41, 5.74) is 6.53. The van der Waals surface area contributed by atoms with Gasteiger partial charge in [-0.1, -0.05) is 6.07 Å². The number of nitrogens with zero attached hydrogens (tertiary/aromatic N) is 2. The second-order valence-electron chi connectivity index (χ2n) is 7.29. The Morgan fingerprint density at radius 2 is 1.93 bits per heavy atom. The fourth-order valence-corrected chi connectivity index (χ4v) is 5.99. The molecule has 2 saturated heterocycles. The Morgan fingerprint density at radius 1 is 1.17 bits per heavy atom. The molecule has 0 radical (unpaired) electrons. The summed E-state index contributed by atoms with van der Waals surface area (Å²) in [5, 5.41) is 2.01. The van der Waals surface area contributed by atoms with Gasteiger partial charge >= 0.3 is 0 Å². The smallest absolute Gasteiger partial charge is 0.243 e. The van der Waals surface area contributed by atoms with Crippen LogP contribution in [0.25, 0.3) is 0 Å². The van der Waals surface area contributed by atoms with Crippen LogP contribution in [0.5, 0.6) is 0 Å². The lowest BCUT2D eigenvalue weighted by molar-refractivity contribution is -0.134. The minimum Gasteiger partial charge on any atom is -0.339 e. The molecule has 2 N–H and O–H groups in total. The Kier molecular flexibility index (Phi) is 5.71. The molecule has 0 bridgehead atoms. The third-order valence-corrected chi connectivity index (χ3v) is 8.29. The lowest BCUT2D eigenvalue weighted by Gasteiger charge is -2.35. The largest absolute Gasteiger partial charge is 0.339 e. The molecule has 2 atom stereocenters. The fourth-order valence-electron chi connectivity index (χ4n) is 3.69. The second kappa shape index (κ2) is 8.11. The molecule has 2 aliphatic heterocycles. The number of amides is 1. The number of piperazine rings is 1. The Balaban J connectivity index is 1.36. The molecule has 0 aliphatic carbocycles. The molecule has 4 rings (SSSR count). The summed E-state index contributed by atoms with van der Waals surface area (Å²) in [6, 6.07) is 7.61. The summed E-state index contributed by atoms with van der Waals surface area (Å²) in [7, 11) is -3.71. The van der Waals surface area contributed by atoms with Gasteiger partial charge in [0.1, 0.15) is 11.9 Å². The summed E-state index contributed by atoms with van der Waals surface area (Å²) >= 11 is 1.65. The van der Waals surface area contributed by atoms with E-state index in [0.717, 1.165) is 0 Å². The molecule has 156 valence electrons. The van der Waals surface area contributed by atoms with Crippen LogP contribution in [-0.2, 0) is 14.8 Å². The number of rotatable bonds is 4. The maximum absolute atomic E-state index is 13.5. The maximum atomic E-state index is 13.5. The van der Waals surface area contributed by atoms with E-state index in [0.29, 0.717) is 25.1 Å². The van der Waals surface area contributed by atoms with Crippen molar-refractivity contribution in [3.63, 3.8) is 0 Å². The van der Waals surface area contributed by atoms with Crippen molar-refractivity contribution in [3.05, 3.63) is 52.0 Å². The lowest BCUT2D eigenvalue weighted by Crippen LogP contribution is -2.54. The van der Waals surface area contributed by atoms with Gasteiger partial charge in [-0.25, -0.2) is 23.7 Å². The highest BCUT2D eigenvalue weighted by atomic mass is 32.2. The molecule has 7 nitrogen and oxygen atoms in total. The first-order chi connectivity index (χ1) is 13.9. The number of benzene rings is 1. The van der Waals surface area contributed by atoms with Crippen molar-refractivity contribution >= 4 is 27.3 Å². The number of thiophene rings is 1. The van der Waals surface area contributed by atoms with E-state index in [1.807, 2.05) is 17.5 Å². The lowest BCUT2D eigenvalue weighted by atomic mass is 10.1. The Morgan fingerprint density at radius 3 is 2.59 bits per heavy atom. The van der Waals surface area contributed by atoms with E-state index < -0.39 is 15.8 Å². The molecule has 10 heteroatoms. The Bertz CT molecular complexity index is 989. The predicted octanol–water partition coefficient (Wildman–Crippen LogP) is 1.64. The number of carbonyl (C=O) groups excluding carboxylic acids is 1. The number of carbonyl (C=O) groups is 1. The van der Waals surface area contributed by atoms with Crippen molar-refractivity contribution in [2.24, 2.45) is 0 Å². The average molecular weight is 439 g/mol. The second-order valence-corrected chi connectivity index (χ2v) is 10.2. The molecule has 1 aromatic carbocycles. The fraction of sp³-hybridized carbons (Fsp3) is 0.421. The van der Waals surface area contributed by atoms with Crippen molar-refractivity contribution in [1.29, 1.82) is 0 Å². The van der Waals surface area contributed by atoms with Crippen LogP contribution in [0.1, 0.15) is 22.9 Å².